The highest BCUT2D eigenvalue weighted by Crippen LogP contribution is 2.48. The van der Waals surface area contributed by atoms with Crippen LogP contribution in [0.4, 0.5) is 13.2 Å². The van der Waals surface area contributed by atoms with Gasteiger partial charge in [0.1, 0.15) is 11.5 Å². The van der Waals surface area contributed by atoms with Gasteiger partial charge >= 0.3 is 19.5 Å². The number of benzene rings is 2. The van der Waals surface area contributed by atoms with Crippen molar-refractivity contribution >= 4 is 47.6 Å². The molecule has 0 spiro atoms. The van der Waals surface area contributed by atoms with Crippen LogP contribution in [0.2, 0.25) is 10.0 Å². The highest BCUT2D eigenvalue weighted by molar-refractivity contribution is 7.67. The molecule has 0 aliphatic carbocycles. The van der Waals surface area contributed by atoms with Crippen molar-refractivity contribution < 1.29 is 36.6 Å². The van der Waals surface area contributed by atoms with Crippen LogP contribution in [-0.2, 0) is 24.9 Å². The zero-order valence-electron chi connectivity index (χ0n) is 17.2. The fourth-order valence-corrected chi connectivity index (χ4v) is 4.62. The SMILES string of the molecule is CCOC(=O)C(C)=NOP(=O)(CC)c1cc(Oc2ccc(C(F)(F)F)cc2Cl)ccc1Cl. The van der Waals surface area contributed by atoms with Gasteiger partial charge in [-0.1, -0.05) is 35.3 Å². The number of oxime groups is 1. The number of ether oxygens (including phenoxy) is 2. The first-order chi connectivity index (χ1) is 14.9. The van der Waals surface area contributed by atoms with E-state index in [9.17, 15) is 22.5 Å². The van der Waals surface area contributed by atoms with Gasteiger partial charge in [0.05, 0.1) is 27.5 Å². The Balaban J connectivity index is 2.34. The van der Waals surface area contributed by atoms with Crippen LogP contribution in [-0.4, -0.2) is 24.4 Å². The Labute approximate surface area is 192 Å². The standard InChI is InChI=1S/C20H19Cl2F3NO5P/c1-4-29-19(27)12(3)26-31-32(28,5-2)18-11-14(7-8-15(18)21)30-17-9-6-13(10-16(17)22)20(23,24)25/h6-11H,4-5H2,1-3H3. The molecule has 1 atom stereocenters. The topological polar surface area (TPSA) is 74.2 Å². The molecule has 0 fully saturated rings. The summed E-state index contributed by atoms with van der Waals surface area (Å²) in [5.74, 6) is -0.666. The van der Waals surface area contributed by atoms with Crippen molar-refractivity contribution in [2.45, 2.75) is 26.9 Å². The monoisotopic (exact) mass is 511 g/mol. The van der Waals surface area contributed by atoms with Gasteiger partial charge in [-0.3, -0.25) is 4.57 Å². The lowest BCUT2D eigenvalue weighted by Crippen LogP contribution is -2.16. The number of hydrogen-bond donors (Lipinski definition) is 0. The zero-order chi connectivity index (χ0) is 24.1. The molecule has 0 N–H and O–H groups in total. The van der Waals surface area contributed by atoms with Crippen LogP contribution in [0, 0.1) is 0 Å². The van der Waals surface area contributed by atoms with E-state index in [4.69, 9.17) is 37.3 Å². The Bertz CT molecular complexity index is 1080. The number of nitrogens with zero attached hydrogens (tertiary/aromatic N) is 1. The number of rotatable bonds is 8. The maximum Gasteiger partial charge on any atom is 0.416 e. The molecule has 2 aromatic carbocycles. The fraction of sp³-hybridized carbons (Fsp3) is 0.300. The van der Waals surface area contributed by atoms with Gasteiger partial charge in [0.2, 0.25) is 0 Å². The summed E-state index contributed by atoms with van der Waals surface area (Å²) in [7, 11) is -3.67. The predicted octanol–water partition coefficient (Wildman–Crippen LogP) is 6.68. The molecule has 0 aromatic heterocycles. The number of carbonyl (C=O) groups excluding carboxylic acids is 1. The molecule has 12 heteroatoms. The van der Waals surface area contributed by atoms with Crippen LogP contribution in [0.25, 0.3) is 0 Å². The van der Waals surface area contributed by atoms with Gasteiger partial charge in [-0.25, -0.2) is 4.79 Å². The third-order valence-corrected chi connectivity index (χ3v) is 7.11. The van der Waals surface area contributed by atoms with Gasteiger partial charge in [0.15, 0.2) is 5.71 Å². The number of carbonyl (C=O) groups is 1. The molecule has 0 bridgehead atoms. The van der Waals surface area contributed by atoms with Gasteiger partial charge in [-0.2, -0.15) is 13.2 Å². The number of alkyl halides is 3. The van der Waals surface area contributed by atoms with Crippen molar-refractivity contribution in [3.63, 3.8) is 0 Å². The van der Waals surface area contributed by atoms with E-state index in [0.29, 0.717) is 0 Å². The molecule has 0 aliphatic heterocycles. The van der Waals surface area contributed by atoms with E-state index in [1.165, 1.54) is 25.1 Å². The first kappa shape index (κ1) is 26.0. The molecule has 1 unspecified atom stereocenters. The summed E-state index contributed by atoms with van der Waals surface area (Å²) in [6.07, 6.45) is -4.57. The number of hydrogen-bond acceptors (Lipinski definition) is 6. The van der Waals surface area contributed by atoms with Crippen LogP contribution in [0.3, 0.4) is 0 Å². The summed E-state index contributed by atoms with van der Waals surface area (Å²) < 4.78 is 67.4. The minimum atomic E-state index is -4.55. The second-order valence-corrected chi connectivity index (χ2v) is 9.77. The maximum absolute atomic E-state index is 13.3. The highest BCUT2D eigenvalue weighted by atomic mass is 35.5. The van der Waals surface area contributed by atoms with E-state index in [1.54, 1.807) is 13.8 Å². The van der Waals surface area contributed by atoms with Crippen molar-refractivity contribution in [2.75, 3.05) is 12.8 Å². The second kappa shape index (κ2) is 10.6. The molecule has 32 heavy (non-hydrogen) atoms. The van der Waals surface area contributed by atoms with E-state index in [0.717, 1.165) is 18.2 Å². The number of esters is 1. The Morgan fingerprint density at radius 2 is 1.78 bits per heavy atom. The Hall–Kier alpha value is -2.22. The maximum atomic E-state index is 13.3. The summed E-state index contributed by atoms with van der Waals surface area (Å²) in [5, 5.41) is 3.50. The Morgan fingerprint density at radius 1 is 1.09 bits per heavy atom. The molecule has 0 saturated carbocycles. The lowest BCUT2D eigenvalue weighted by molar-refractivity contribution is -0.137. The molecule has 6 nitrogen and oxygen atoms in total. The molecule has 0 amide bonds. The smallest absolute Gasteiger partial charge is 0.416 e. The molecular formula is C20H19Cl2F3NO5P. The average molecular weight is 512 g/mol. The van der Waals surface area contributed by atoms with Gasteiger partial charge in [-0.15, -0.1) is 0 Å². The van der Waals surface area contributed by atoms with Gasteiger partial charge < -0.3 is 14.1 Å². The van der Waals surface area contributed by atoms with E-state index < -0.39 is 25.1 Å². The first-order valence-electron chi connectivity index (χ1n) is 9.25. The van der Waals surface area contributed by atoms with E-state index in [-0.39, 0.29) is 45.3 Å². The number of halogens is 5. The third-order valence-electron chi connectivity index (χ3n) is 4.07. The van der Waals surface area contributed by atoms with Crippen molar-refractivity contribution in [3.8, 4) is 11.5 Å². The molecule has 174 valence electrons. The largest absolute Gasteiger partial charge is 0.461 e. The summed E-state index contributed by atoms with van der Waals surface area (Å²) in [6, 6.07) is 6.76. The summed E-state index contributed by atoms with van der Waals surface area (Å²) in [6.45, 7) is 4.67. The quantitative estimate of drug-likeness (QED) is 0.171. The highest BCUT2D eigenvalue weighted by Gasteiger charge is 2.32. The Morgan fingerprint density at radius 3 is 2.34 bits per heavy atom. The van der Waals surface area contributed by atoms with Crippen LogP contribution in [0.5, 0.6) is 11.5 Å². The molecule has 0 aliphatic rings. The van der Waals surface area contributed by atoms with Crippen LogP contribution < -0.4 is 10.0 Å². The summed E-state index contributed by atoms with van der Waals surface area (Å²) >= 11 is 12.1. The summed E-state index contributed by atoms with van der Waals surface area (Å²) in [5.41, 5.74) is -1.06. The first-order valence-corrected chi connectivity index (χ1v) is 11.8. The van der Waals surface area contributed by atoms with Crippen LogP contribution in [0.15, 0.2) is 41.6 Å². The van der Waals surface area contributed by atoms with Crippen molar-refractivity contribution in [2.24, 2.45) is 5.16 Å². The molecular weight excluding hydrogens is 493 g/mol. The van der Waals surface area contributed by atoms with Crippen LogP contribution >= 0.6 is 30.6 Å². The van der Waals surface area contributed by atoms with E-state index in [2.05, 4.69) is 5.16 Å². The lowest BCUT2D eigenvalue weighted by Gasteiger charge is -2.17. The van der Waals surface area contributed by atoms with Crippen LogP contribution in [0.1, 0.15) is 26.3 Å². The summed E-state index contributed by atoms with van der Waals surface area (Å²) in [4.78, 5) is 11.7. The predicted molar refractivity (Wildman–Crippen MR) is 117 cm³/mol. The van der Waals surface area contributed by atoms with Gasteiger partial charge in [-0.05, 0) is 50.2 Å². The van der Waals surface area contributed by atoms with Gasteiger partial charge in [0, 0.05) is 6.16 Å². The molecule has 0 saturated heterocycles. The third kappa shape index (κ3) is 6.40. The van der Waals surface area contributed by atoms with Gasteiger partial charge in [0.25, 0.3) is 0 Å². The second-order valence-electron chi connectivity index (χ2n) is 6.33. The van der Waals surface area contributed by atoms with E-state index >= 15 is 0 Å². The Kier molecular flexibility index (Phi) is 8.62. The van der Waals surface area contributed by atoms with E-state index in [1.807, 2.05) is 0 Å². The minimum Gasteiger partial charge on any atom is -0.461 e. The van der Waals surface area contributed by atoms with Crippen molar-refractivity contribution in [1.82, 2.24) is 0 Å². The molecule has 0 radical (unpaired) electrons. The van der Waals surface area contributed by atoms with Crippen molar-refractivity contribution in [3.05, 3.63) is 52.0 Å². The van der Waals surface area contributed by atoms with Crippen molar-refractivity contribution in [1.29, 1.82) is 0 Å². The molecule has 2 aromatic rings. The lowest BCUT2D eigenvalue weighted by atomic mass is 10.2. The normalized spacial score (nSPS) is 13.9. The molecule has 0 heterocycles. The molecule has 2 rings (SSSR count). The zero-order valence-corrected chi connectivity index (χ0v) is 19.6. The fourth-order valence-electron chi connectivity index (χ4n) is 2.38. The minimum absolute atomic E-state index is 0.0170. The average Bonchev–Trinajstić information content (AvgIpc) is 2.73.